The maximum absolute atomic E-state index is 12.8. The van der Waals surface area contributed by atoms with E-state index in [9.17, 15) is 4.79 Å². The summed E-state index contributed by atoms with van der Waals surface area (Å²) in [7, 11) is 1.84. The molecule has 1 aliphatic heterocycles. The minimum Gasteiger partial charge on any atom is -0.349 e. The van der Waals surface area contributed by atoms with Crippen molar-refractivity contribution >= 4 is 5.91 Å². The van der Waals surface area contributed by atoms with Gasteiger partial charge in [-0.1, -0.05) is 56.5 Å². The number of benzene rings is 1. The van der Waals surface area contributed by atoms with Crippen molar-refractivity contribution in [3.63, 3.8) is 0 Å². The van der Waals surface area contributed by atoms with Crippen LogP contribution in [0.4, 0.5) is 0 Å². The molecule has 3 rings (SSSR count). The van der Waals surface area contributed by atoms with Gasteiger partial charge in [0.2, 0.25) is 0 Å². The average molecular weight is 369 g/mol. The molecule has 1 fully saturated rings. The van der Waals surface area contributed by atoms with Crippen LogP contribution < -0.4 is 5.32 Å². The van der Waals surface area contributed by atoms with Gasteiger partial charge in [0.15, 0.2) is 0 Å². The van der Waals surface area contributed by atoms with Crippen LogP contribution in [0.2, 0.25) is 0 Å². The normalized spacial score (nSPS) is 16.7. The van der Waals surface area contributed by atoms with E-state index in [-0.39, 0.29) is 11.9 Å². The summed E-state index contributed by atoms with van der Waals surface area (Å²) >= 11 is 0. The van der Waals surface area contributed by atoms with E-state index in [0.29, 0.717) is 12.2 Å². The molecule has 1 amide bonds. The van der Waals surface area contributed by atoms with Gasteiger partial charge in [-0.25, -0.2) is 0 Å². The van der Waals surface area contributed by atoms with Crippen LogP contribution in [0.5, 0.6) is 0 Å². The number of carbonyl (C=O) groups is 1. The third kappa shape index (κ3) is 5.19. The Morgan fingerprint density at radius 3 is 2.52 bits per heavy atom. The molecule has 1 aromatic carbocycles. The number of hydrogen-bond donors (Lipinski definition) is 1. The molecule has 1 atom stereocenters. The third-order valence-electron chi connectivity index (χ3n) is 5.39. The summed E-state index contributed by atoms with van der Waals surface area (Å²) in [4.78, 5) is 15.3. The largest absolute Gasteiger partial charge is 0.349 e. The number of rotatable bonds is 7. The summed E-state index contributed by atoms with van der Waals surface area (Å²) in [5, 5.41) is 7.62. The highest BCUT2D eigenvalue weighted by Crippen LogP contribution is 2.23. The lowest BCUT2D eigenvalue weighted by molar-refractivity contribution is 0.0924. The Kier molecular flexibility index (Phi) is 7.04. The standard InChI is InChI=1S/C22H32N4O/c1-3-11-19-16-20(25(2)24-19)22(27)23-17-21(18-12-7-6-8-13-18)26-14-9-4-5-10-15-26/h6-8,12-13,16,21H,3-5,9-11,14-15,17H2,1-2H3,(H,23,27)/t21-/m1/s1. The minimum absolute atomic E-state index is 0.0388. The molecule has 0 radical (unpaired) electrons. The summed E-state index contributed by atoms with van der Waals surface area (Å²) in [6.07, 6.45) is 7.02. The Bertz CT molecular complexity index is 717. The Balaban J connectivity index is 1.71. The molecular formula is C22H32N4O. The van der Waals surface area contributed by atoms with Crippen LogP contribution in [0, 0.1) is 0 Å². The minimum atomic E-state index is -0.0388. The molecule has 5 heteroatoms. The van der Waals surface area contributed by atoms with E-state index < -0.39 is 0 Å². The van der Waals surface area contributed by atoms with Crippen LogP contribution in [0.3, 0.4) is 0 Å². The Morgan fingerprint density at radius 2 is 1.85 bits per heavy atom. The van der Waals surface area contributed by atoms with E-state index in [0.717, 1.165) is 31.6 Å². The van der Waals surface area contributed by atoms with Crippen molar-refractivity contribution in [1.29, 1.82) is 0 Å². The van der Waals surface area contributed by atoms with Crippen molar-refractivity contribution in [3.05, 3.63) is 53.3 Å². The first kappa shape index (κ1) is 19.6. The van der Waals surface area contributed by atoms with Crippen LogP contribution in [-0.4, -0.2) is 40.2 Å². The van der Waals surface area contributed by atoms with Crippen LogP contribution in [-0.2, 0) is 13.5 Å². The van der Waals surface area contributed by atoms with Gasteiger partial charge in [-0.3, -0.25) is 14.4 Å². The summed E-state index contributed by atoms with van der Waals surface area (Å²) in [5.74, 6) is -0.0388. The van der Waals surface area contributed by atoms with Gasteiger partial charge >= 0.3 is 0 Å². The Labute approximate surface area is 162 Å². The Hall–Kier alpha value is -2.14. The second-order valence-corrected chi connectivity index (χ2v) is 7.48. The number of carbonyl (C=O) groups excluding carboxylic acids is 1. The number of nitrogens with one attached hydrogen (secondary N) is 1. The molecule has 5 nitrogen and oxygen atoms in total. The van der Waals surface area contributed by atoms with Gasteiger partial charge in [0, 0.05) is 13.6 Å². The van der Waals surface area contributed by atoms with Crippen molar-refractivity contribution in [1.82, 2.24) is 20.0 Å². The van der Waals surface area contributed by atoms with Gasteiger partial charge < -0.3 is 5.32 Å². The number of aromatic nitrogens is 2. The van der Waals surface area contributed by atoms with Gasteiger partial charge in [-0.05, 0) is 44.0 Å². The van der Waals surface area contributed by atoms with Crippen molar-refractivity contribution < 1.29 is 4.79 Å². The van der Waals surface area contributed by atoms with E-state index in [2.05, 4.69) is 46.5 Å². The third-order valence-corrected chi connectivity index (χ3v) is 5.39. The molecule has 0 spiro atoms. The molecule has 0 bridgehead atoms. The first-order chi connectivity index (χ1) is 13.2. The van der Waals surface area contributed by atoms with E-state index >= 15 is 0 Å². The topological polar surface area (TPSA) is 50.2 Å². The molecule has 0 unspecified atom stereocenters. The first-order valence-electron chi connectivity index (χ1n) is 10.3. The molecule has 2 aromatic rings. The highest BCUT2D eigenvalue weighted by Gasteiger charge is 2.23. The predicted octanol–water partition coefficient (Wildman–Crippen LogP) is 3.72. The van der Waals surface area contributed by atoms with E-state index in [1.807, 2.05) is 19.2 Å². The number of nitrogens with zero attached hydrogens (tertiary/aromatic N) is 3. The number of amides is 1. The summed E-state index contributed by atoms with van der Waals surface area (Å²) in [6, 6.07) is 12.7. The van der Waals surface area contributed by atoms with Gasteiger partial charge in [0.05, 0.1) is 11.7 Å². The number of likely N-dealkylation sites (tertiary alicyclic amines) is 1. The monoisotopic (exact) mass is 368 g/mol. The molecule has 146 valence electrons. The second kappa shape index (κ2) is 9.70. The van der Waals surface area contributed by atoms with E-state index in [1.165, 1.54) is 31.2 Å². The maximum atomic E-state index is 12.8. The van der Waals surface area contributed by atoms with Gasteiger partial charge in [-0.2, -0.15) is 5.10 Å². The highest BCUT2D eigenvalue weighted by molar-refractivity contribution is 5.92. The molecule has 2 heterocycles. The highest BCUT2D eigenvalue weighted by atomic mass is 16.2. The molecule has 1 saturated heterocycles. The van der Waals surface area contributed by atoms with Crippen LogP contribution in [0.25, 0.3) is 0 Å². The fraction of sp³-hybridized carbons (Fsp3) is 0.545. The number of aryl methyl sites for hydroxylation is 2. The lowest BCUT2D eigenvalue weighted by Gasteiger charge is -2.31. The lowest BCUT2D eigenvalue weighted by atomic mass is 10.0. The lowest BCUT2D eigenvalue weighted by Crippen LogP contribution is -2.39. The zero-order chi connectivity index (χ0) is 19.1. The predicted molar refractivity (Wildman–Crippen MR) is 109 cm³/mol. The van der Waals surface area contributed by atoms with Crippen molar-refractivity contribution in [3.8, 4) is 0 Å². The summed E-state index contributed by atoms with van der Waals surface area (Å²) in [6.45, 7) is 4.95. The second-order valence-electron chi connectivity index (χ2n) is 7.48. The molecule has 0 saturated carbocycles. The Morgan fingerprint density at radius 1 is 1.15 bits per heavy atom. The average Bonchev–Trinajstić information content (AvgIpc) is 2.87. The first-order valence-corrected chi connectivity index (χ1v) is 10.3. The molecule has 27 heavy (non-hydrogen) atoms. The van der Waals surface area contributed by atoms with Crippen molar-refractivity contribution in [2.45, 2.75) is 51.5 Å². The zero-order valence-electron chi connectivity index (χ0n) is 16.7. The van der Waals surface area contributed by atoms with Crippen LogP contribution in [0.15, 0.2) is 36.4 Å². The quantitative estimate of drug-likeness (QED) is 0.810. The van der Waals surface area contributed by atoms with E-state index in [1.54, 1.807) is 4.68 Å². The van der Waals surface area contributed by atoms with Gasteiger partial charge in [0.1, 0.15) is 5.69 Å². The smallest absolute Gasteiger partial charge is 0.269 e. The van der Waals surface area contributed by atoms with Gasteiger partial charge in [-0.15, -0.1) is 0 Å². The molecular weight excluding hydrogens is 336 g/mol. The number of hydrogen-bond acceptors (Lipinski definition) is 3. The van der Waals surface area contributed by atoms with Crippen molar-refractivity contribution in [2.24, 2.45) is 7.05 Å². The summed E-state index contributed by atoms with van der Waals surface area (Å²) < 4.78 is 1.70. The summed E-state index contributed by atoms with van der Waals surface area (Å²) in [5.41, 5.74) is 2.90. The molecule has 1 aliphatic rings. The fourth-order valence-corrected chi connectivity index (χ4v) is 3.94. The van der Waals surface area contributed by atoms with Crippen LogP contribution >= 0.6 is 0 Å². The van der Waals surface area contributed by atoms with Crippen molar-refractivity contribution in [2.75, 3.05) is 19.6 Å². The molecule has 1 N–H and O–H groups in total. The molecule has 1 aromatic heterocycles. The maximum Gasteiger partial charge on any atom is 0.269 e. The SMILES string of the molecule is CCCc1cc(C(=O)NC[C@H](c2ccccc2)N2CCCCCC2)n(C)n1. The van der Waals surface area contributed by atoms with Gasteiger partial charge in [0.25, 0.3) is 5.91 Å². The zero-order valence-corrected chi connectivity index (χ0v) is 16.7. The van der Waals surface area contributed by atoms with E-state index in [4.69, 9.17) is 0 Å². The fourth-order valence-electron chi connectivity index (χ4n) is 3.94. The van der Waals surface area contributed by atoms with Crippen LogP contribution in [0.1, 0.15) is 66.8 Å². The molecule has 0 aliphatic carbocycles.